The Morgan fingerprint density at radius 1 is 1.44 bits per heavy atom. The highest BCUT2D eigenvalue weighted by atomic mass is 32.1. The van der Waals surface area contributed by atoms with Crippen molar-refractivity contribution in [2.75, 3.05) is 0 Å². The molecule has 0 aliphatic rings. The average molecular weight is 234 g/mol. The first-order valence-electron chi connectivity index (χ1n) is 4.97. The zero-order valence-electron chi connectivity index (χ0n) is 8.92. The first-order chi connectivity index (χ1) is 7.77. The number of benzene rings is 1. The lowest BCUT2D eigenvalue weighted by atomic mass is 10.1. The minimum Gasteiger partial charge on any atom is -0.340 e. The molecule has 1 atom stereocenters. The lowest BCUT2D eigenvalue weighted by molar-refractivity contribution is -0.153. The number of rotatable bonds is 4. The second-order valence-electron chi connectivity index (χ2n) is 3.48. The van der Waals surface area contributed by atoms with Crippen LogP contribution in [0, 0.1) is 6.92 Å². The summed E-state index contributed by atoms with van der Waals surface area (Å²) in [5.74, 6) is 0. The summed E-state index contributed by atoms with van der Waals surface area (Å²) in [4.78, 5) is 4.06. The molecule has 1 heterocycles. The Bertz CT molecular complexity index is 442. The minimum atomic E-state index is -1.14. The molecule has 0 spiro atoms. The fourth-order valence-corrected chi connectivity index (χ4v) is 1.95. The number of thiazole rings is 1. The van der Waals surface area contributed by atoms with Crippen LogP contribution in [0.4, 0.5) is 0 Å². The first-order valence-corrected chi connectivity index (χ1v) is 5.91. The van der Waals surface area contributed by atoms with Gasteiger partial charge in [0, 0.05) is 10.9 Å². The third-order valence-electron chi connectivity index (χ3n) is 2.31. The SMILES string of the molecule is Cc1ccccc1C([O])OCc1cscn1. The van der Waals surface area contributed by atoms with Gasteiger partial charge in [-0.25, -0.2) is 4.98 Å². The Balaban J connectivity index is 1.98. The van der Waals surface area contributed by atoms with E-state index < -0.39 is 6.29 Å². The van der Waals surface area contributed by atoms with Crippen LogP contribution < -0.4 is 0 Å². The van der Waals surface area contributed by atoms with E-state index in [1.807, 2.05) is 30.5 Å². The van der Waals surface area contributed by atoms with Crippen molar-refractivity contribution < 1.29 is 9.84 Å². The topological polar surface area (TPSA) is 42.0 Å². The molecule has 0 aliphatic heterocycles. The van der Waals surface area contributed by atoms with Crippen molar-refractivity contribution in [2.45, 2.75) is 19.8 Å². The molecular formula is C12H12NO2S. The normalized spacial score (nSPS) is 12.6. The smallest absolute Gasteiger partial charge is 0.218 e. The van der Waals surface area contributed by atoms with Crippen LogP contribution in [0.1, 0.15) is 23.1 Å². The maximum absolute atomic E-state index is 11.8. The van der Waals surface area contributed by atoms with Gasteiger partial charge >= 0.3 is 0 Å². The molecule has 2 aromatic rings. The quantitative estimate of drug-likeness (QED) is 0.763. The first kappa shape index (κ1) is 11.3. The summed E-state index contributed by atoms with van der Waals surface area (Å²) in [6.45, 7) is 2.18. The predicted molar refractivity (Wildman–Crippen MR) is 61.5 cm³/mol. The molecule has 83 valence electrons. The van der Waals surface area contributed by atoms with E-state index in [0.29, 0.717) is 5.56 Å². The van der Waals surface area contributed by atoms with Crippen molar-refractivity contribution in [1.82, 2.24) is 4.98 Å². The number of hydrogen-bond acceptors (Lipinski definition) is 3. The van der Waals surface area contributed by atoms with E-state index in [1.165, 1.54) is 11.3 Å². The molecule has 0 bridgehead atoms. The van der Waals surface area contributed by atoms with Crippen molar-refractivity contribution in [3.05, 3.63) is 52.0 Å². The maximum Gasteiger partial charge on any atom is 0.218 e. The Morgan fingerprint density at radius 2 is 2.25 bits per heavy atom. The maximum atomic E-state index is 11.8. The van der Waals surface area contributed by atoms with Crippen LogP contribution in [-0.4, -0.2) is 4.98 Å². The molecular weight excluding hydrogens is 222 g/mol. The largest absolute Gasteiger partial charge is 0.340 e. The summed E-state index contributed by atoms with van der Waals surface area (Å²) in [7, 11) is 0. The molecule has 0 amide bonds. The van der Waals surface area contributed by atoms with Gasteiger partial charge in [-0.2, -0.15) is 5.11 Å². The van der Waals surface area contributed by atoms with Crippen LogP contribution in [0.25, 0.3) is 0 Å². The van der Waals surface area contributed by atoms with E-state index in [1.54, 1.807) is 11.6 Å². The highest BCUT2D eigenvalue weighted by Crippen LogP contribution is 2.20. The Labute approximate surface area is 98.4 Å². The fourth-order valence-electron chi connectivity index (χ4n) is 1.41. The molecule has 4 heteroatoms. The number of hydrogen-bond donors (Lipinski definition) is 0. The summed E-state index contributed by atoms with van der Waals surface area (Å²) < 4.78 is 5.24. The Kier molecular flexibility index (Phi) is 3.66. The molecule has 0 saturated heterocycles. The second-order valence-corrected chi connectivity index (χ2v) is 4.20. The third-order valence-corrected chi connectivity index (χ3v) is 2.94. The number of aromatic nitrogens is 1. The fraction of sp³-hybridized carbons (Fsp3) is 0.250. The van der Waals surface area contributed by atoms with E-state index in [4.69, 9.17) is 4.74 Å². The number of ether oxygens (including phenoxy) is 1. The van der Waals surface area contributed by atoms with Crippen molar-refractivity contribution in [1.29, 1.82) is 0 Å². The summed E-state index contributed by atoms with van der Waals surface area (Å²) in [6.07, 6.45) is -1.14. The molecule has 1 aromatic carbocycles. The van der Waals surface area contributed by atoms with Crippen molar-refractivity contribution >= 4 is 11.3 Å². The summed E-state index contributed by atoms with van der Waals surface area (Å²) in [5, 5.41) is 13.7. The zero-order chi connectivity index (χ0) is 11.4. The Morgan fingerprint density at radius 3 is 2.94 bits per heavy atom. The van der Waals surface area contributed by atoms with Gasteiger partial charge in [-0.05, 0) is 12.5 Å². The van der Waals surface area contributed by atoms with Gasteiger partial charge in [-0.3, -0.25) is 0 Å². The van der Waals surface area contributed by atoms with Gasteiger partial charge in [-0.15, -0.1) is 11.3 Å². The Hall–Kier alpha value is -1.23. The highest BCUT2D eigenvalue weighted by molar-refractivity contribution is 7.07. The van der Waals surface area contributed by atoms with Crippen molar-refractivity contribution in [3.63, 3.8) is 0 Å². The third kappa shape index (κ3) is 2.66. The lowest BCUT2D eigenvalue weighted by Gasteiger charge is -2.11. The van der Waals surface area contributed by atoms with Gasteiger partial charge in [0.2, 0.25) is 6.29 Å². The van der Waals surface area contributed by atoms with Crippen LogP contribution in [0.3, 0.4) is 0 Å². The molecule has 0 aliphatic carbocycles. The predicted octanol–water partition coefficient (Wildman–Crippen LogP) is 3.10. The molecule has 1 radical (unpaired) electrons. The molecule has 1 aromatic heterocycles. The van der Waals surface area contributed by atoms with Crippen molar-refractivity contribution in [3.8, 4) is 0 Å². The minimum absolute atomic E-state index is 0.270. The van der Waals surface area contributed by atoms with E-state index >= 15 is 0 Å². The van der Waals surface area contributed by atoms with E-state index in [-0.39, 0.29) is 6.61 Å². The second kappa shape index (κ2) is 5.21. The molecule has 0 N–H and O–H groups in total. The molecule has 16 heavy (non-hydrogen) atoms. The monoisotopic (exact) mass is 234 g/mol. The van der Waals surface area contributed by atoms with Gasteiger partial charge in [0.15, 0.2) is 0 Å². The van der Waals surface area contributed by atoms with Crippen LogP contribution in [0.2, 0.25) is 0 Å². The summed E-state index contributed by atoms with van der Waals surface area (Å²) in [5.41, 5.74) is 4.18. The summed E-state index contributed by atoms with van der Waals surface area (Å²) in [6, 6.07) is 7.46. The molecule has 2 rings (SSSR count). The van der Waals surface area contributed by atoms with Crippen LogP contribution in [0.5, 0.6) is 0 Å². The van der Waals surface area contributed by atoms with Crippen molar-refractivity contribution in [2.24, 2.45) is 0 Å². The van der Waals surface area contributed by atoms with Crippen LogP contribution in [0.15, 0.2) is 35.2 Å². The summed E-state index contributed by atoms with van der Waals surface area (Å²) >= 11 is 1.50. The zero-order valence-corrected chi connectivity index (χ0v) is 9.74. The lowest BCUT2D eigenvalue weighted by Crippen LogP contribution is -2.03. The molecule has 0 saturated carbocycles. The van der Waals surface area contributed by atoms with E-state index in [9.17, 15) is 5.11 Å². The van der Waals surface area contributed by atoms with Gasteiger partial charge in [0.1, 0.15) is 0 Å². The van der Waals surface area contributed by atoms with Gasteiger partial charge in [-0.1, -0.05) is 24.3 Å². The highest BCUT2D eigenvalue weighted by Gasteiger charge is 2.12. The molecule has 0 fully saturated rings. The molecule has 3 nitrogen and oxygen atoms in total. The molecule has 1 unspecified atom stereocenters. The van der Waals surface area contributed by atoms with Gasteiger partial charge < -0.3 is 4.74 Å². The average Bonchev–Trinajstić information content (AvgIpc) is 2.79. The number of aryl methyl sites for hydroxylation is 1. The van der Waals surface area contributed by atoms with Crippen LogP contribution >= 0.6 is 11.3 Å². The van der Waals surface area contributed by atoms with Gasteiger partial charge in [0.25, 0.3) is 0 Å². The van der Waals surface area contributed by atoms with E-state index in [2.05, 4.69) is 4.98 Å². The van der Waals surface area contributed by atoms with Crippen LogP contribution in [-0.2, 0) is 16.5 Å². The van der Waals surface area contributed by atoms with Gasteiger partial charge in [0.05, 0.1) is 17.8 Å². The van der Waals surface area contributed by atoms with E-state index in [0.717, 1.165) is 11.3 Å². The number of nitrogens with zero attached hydrogens (tertiary/aromatic N) is 1. The standard InChI is InChI=1S/C12H12NO2S/c1-9-4-2-3-5-11(9)12(14)15-6-10-7-16-8-13-10/h2-5,7-8,12H,6H2,1H3.